The van der Waals surface area contributed by atoms with E-state index in [1.54, 1.807) is 36.8 Å². The van der Waals surface area contributed by atoms with Gasteiger partial charge in [0.2, 0.25) is 11.8 Å². The third-order valence-electron chi connectivity index (χ3n) is 4.47. The van der Waals surface area contributed by atoms with Gasteiger partial charge >= 0.3 is 0 Å². The zero-order chi connectivity index (χ0) is 20.5. The molecule has 0 aliphatic heterocycles. The SMILES string of the molecule is Cc1ccccc1CN(CC(=O)NCc1ccco1)CC(=O)NCc1ccco1. The van der Waals surface area contributed by atoms with Crippen LogP contribution >= 0.6 is 0 Å². The van der Waals surface area contributed by atoms with Crippen molar-refractivity contribution in [2.45, 2.75) is 26.6 Å². The van der Waals surface area contributed by atoms with Crippen LogP contribution in [0.1, 0.15) is 22.6 Å². The molecule has 0 aliphatic carbocycles. The predicted octanol–water partition coefficient (Wildman–Crippen LogP) is 2.62. The molecule has 0 saturated carbocycles. The summed E-state index contributed by atoms with van der Waals surface area (Å²) in [5.74, 6) is 1.02. The quantitative estimate of drug-likeness (QED) is 0.551. The molecule has 2 aromatic heterocycles. The molecule has 3 rings (SSSR count). The molecule has 29 heavy (non-hydrogen) atoms. The smallest absolute Gasteiger partial charge is 0.234 e. The summed E-state index contributed by atoms with van der Waals surface area (Å²) in [7, 11) is 0. The molecular weight excluding hydrogens is 370 g/mol. The van der Waals surface area contributed by atoms with E-state index in [0.717, 1.165) is 11.1 Å². The molecule has 3 aromatic rings. The first-order valence-corrected chi connectivity index (χ1v) is 9.45. The maximum atomic E-state index is 12.4. The molecule has 2 N–H and O–H groups in total. The van der Waals surface area contributed by atoms with Gasteiger partial charge in [0.1, 0.15) is 11.5 Å². The van der Waals surface area contributed by atoms with E-state index in [0.29, 0.717) is 31.2 Å². The van der Waals surface area contributed by atoms with Gasteiger partial charge in [-0.15, -0.1) is 0 Å². The first kappa shape index (κ1) is 20.4. The number of benzene rings is 1. The van der Waals surface area contributed by atoms with Gasteiger partial charge in [-0.1, -0.05) is 24.3 Å². The molecular formula is C22H25N3O4. The molecule has 0 fully saturated rings. The van der Waals surface area contributed by atoms with E-state index in [1.165, 1.54) is 0 Å². The Morgan fingerprint density at radius 2 is 1.38 bits per heavy atom. The Bertz CT molecular complexity index is 852. The van der Waals surface area contributed by atoms with Crippen molar-refractivity contribution in [2.75, 3.05) is 13.1 Å². The average molecular weight is 395 g/mol. The number of carbonyl (C=O) groups is 2. The molecule has 0 atom stereocenters. The van der Waals surface area contributed by atoms with E-state index in [-0.39, 0.29) is 24.9 Å². The molecule has 0 spiro atoms. The van der Waals surface area contributed by atoms with Gasteiger partial charge in [0.15, 0.2) is 0 Å². The van der Waals surface area contributed by atoms with Crippen molar-refractivity contribution >= 4 is 11.8 Å². The van der Waals surface area contributed by atoms with Crippen molar-refractivity contribution in [1.29, 1.82) is 0 Å². The number of hydrogen-bond donors (Lipinski definition) is 2. The van der Waals surface area contributed by atoms with E-state index in [1.807, 2.05) is 36.1 Å². The summed E-state index contributed by atoms with van der Waals surface area (Å²) in [4.78, 5) is 26.6. The van der Waals surface area contributed by atoms with Crippen LogP contribution in [0.3, 0.4) is 0 Å². The fraction of sp³-hybridized carbons (Fsp3) is 0.273. The Labute approximate surface area is 169 Å². The highest BCUT2D eigenvalue weighted by Gasteiger charge is 2.16. The van der Waals surface area contributed by atoms with Crippen molar-refractivity contribution in [3.8, 4) is 0 Å². The molecule has 2 heterocycles. The van der Waals surface area contributed by atoms with Crippen LogP contribution in [-0.4, -0.2) is 29.8 Å². The van der Waals surface area contributed by atoms with Crippen molar-refractivity contribution in [2.24, 2.45) is 0 Å². The standard InChI is InChI=1S/C22H25N3O4/c1-17-6-2-3-7-18(17)14-25(15-21(26)23-12-19-8-4-10-28-19)16-22(27)24-13-20-9-5-11-29-20/h2-11H,12-16H2,1H3,(H,23,26)(H,24,27). The molecule has 0 radical (unpaired) electrons. The molecule has 2 amide bonds. The highest BCUT2D eigenvalue weighted by atomic mass is 16.3. The Kier molecular flexibility index (Phi) is 7.24. The number of rotatable bonds is 10. The number of nitrogens with zero attached hydrogens (tertiary/aromatic N) is 1. The average Bonchev–Trinajstić information content (AvgIpc) is 3.40. The third-order valence-corrected chi connectivity index (χ3v) is 4.47. The van der Waals surface area contributed by atoms with Crippen LogP contribution in [0.4, 0.5) is 0 Å². The molecule has 7 heteroatoms. The zero-order valence-electron chi connectivity index (χ0n) is 16.4. The second-order valence-electron chi connectivity index (χ2n) is 6.78. The maximum absolute atomic E-state index is 12.4. The molecule has 152 valence electrons. The largest absolute Gasteiger partial charge is 0.467 e. The molecule has 0 bridgehead atoms. The number of amides is 2. The van der Waals surface area contributed by atoms with Gasteiger partial charge in [0, 0.05) is 6.54 Å². The summed E-state index contributed by atoms with van der Waals surface area (Å²) in [6.07, 6.45) is 3.13. The monoisotopic (exact) mass is 395 g/mol. The summed E-state index contributed by atoms with van der Waals surface area (Å²) >= 11 is 0. The van der Waals surface area contributed by atoms with Gasteiger partial charge < -0.3 is 19.5 Å². The summed E-state index contributed by atoms with van der Waals surface area (Å²) in [6.45, 7) is 3.34. The van der Waals surface area contributed by atoms with Gasteiger partial charge in [-0.2, -0.15) is 0 Å². The number of nitrogens with one attached hydrogen (secondary N) is 2. The van der Waals surface area contributed by atoms with E-state index >= 15 is 0 Å². The number of carbonyl (C=O) groups excluding carboxylic acids is 2. The zero-order valence-corrected chi connectivity index (χ0v) is 16.4. The van der Waals surface area contributed by atoms with Crippen LogP contribution in [0.5, 0.6) is 0 Å². The number of furan rings is 2. The number of aryl methyl sites for hydroxylation is 1. The van der Waals surface area contributed by atoms with Crippen LogP contribution in [-0.2, 0) is 29.2 Å². The Hall–Kier alpha value is -3.32. The van der Waals surface area contributed by atoms with Crippen molar-refractivity contribution in [3.63, 3.8) is 0 Å². The lowest BCUT2D eigenvalue weighted by molar-refractivity contribution is -0.125. The minimum atomic E-state index is -0.172. The summed E-state index contributed by atoms with van der Waals surface area (Å²) in [6, 6.07) is 15.1. The lowest BCUT2D eigenvalue weighted by Gasteiger charge is -2.22. The predicted molar refractivity (Wildman–Crippen MR) is 108 cm³/mol. The van der Waals surface area contributed by atoms with Gasteiger partial charge in [0.05, 0.1) is 38.7 Å². The molecule has 7 nitrogen and oxygen atoms in total. The lowest BCUT2D eigenvalue weighted by Crippen LogP contribution is -2.42. The first-order valence-electron chi connectivity index (χ1n) is 9.45. The minimum absolute atomic E-state index is 0.100. The van der Waals surface area contributed by atoms with Crippen LogP contribution in [0.2, 0.25) is 0 Å². The van der Waals surface area contributed by atoms with Gasteiger partial charge in [-0.25, -0.2) is 0 Å². The van der Waals surface area contributed by atoms with Crippen molar-refractivity contribution in [1.82, 2.24) is 15.5 Å². The second-order valence-corrected chi connectivity index (χ2v) is 6.78. The lowest BCUT2D eigenvalue weighted by atomic mass is 10.1. The summed E-state index contributed by atoms with van der Waals surface area (Å²) in [5, 5.41) is 5.64. The Morgan fingerprint density at radius 1 is 0.828 bits per heavy atom. The van der Waals surface area contributed by atoms with Gasteiger partial charge in [-0.05, 0) is 42.3 Å². The first-order chi connectivity index (χ1) is 14.1. The highest BCUT2D eigenvalue weighted by molar-refractivity contribution is 5.81. The van der Waals surface area contributed by atoms with E-state index in [9.17, 15) is 9.59 Å². The molecule has 0 aliphatic rings. The Morgan fingerprint density at radius 3 is 1.86 bits per heavy atom. The highest BCUT2D eigenvalue weighted by Crippen LogP contribution is 2.10. The van der Waals surface area contributed by atoms with Gasteiger partial charge in [0.25, 0.3) is 0 Å². The summed E-state index contributed by atoms with van der Waals surface area (Å²) in [5.41, 5.74) is 2.19. The fourth-order valence-corrected chi connectivity index (χ4v) is 2.91. The van der Waals surface area contributed by atoms with E-state index in [4.69, 9.17) is 8.83 Å². The number of hydrogen-bond acceptors (Lipinski definition) is 5. The van der Waals surface area contributed by atoms with Crippen LogP contribution in [0.25, 0.3) is 0 Å². The Balaban J connectivity index is 1.58. The molecule has 0 saturated heterocycles. The van der Waals surface area contributed by atoms with Crippen molar-refractivity contribution < 1.29 is 18.4 Å². The second kappa shape index (κ2) is 10.3. The van der Waals surface area contributed by atoms with E-state index < -0.39 is 0 Å². The normalized spacial score (nSPS) is 10.8. The van der Waals surface area contributed by atoms with Crippen LogP contribution in [0, 0.1) is 6.92 Å². The molecule has 1 aromatic carbocycles. The van der Waals surface area contributed by atoms with Crippen molar-refractivity contribution in [3.05, 3.63) is 83.7 Å². The van der Waals surface area contributed by atoms with Crippen LogP contribution in [0.15, 0.2) is 69.9 Å². The maximum Gasteiger partial charge on any atom is 0.234 e. The molecule has 0 unspecified atom stereocenters. The summed E-state index contributed by atoms with van der Waals surface area (Å²) < 4.78 is 10.5. The van der Waals surface area contributed by atoms with E-state index in [2.05, 4.69) is 10.6 Å². The third kappa shape index (κ3) is 6.65. The van der Waals surface area contributed by atoms with Crippen LogP contribution < -0.4 is 10.6 Å². The van der Waals surface area contributed by atoms with Gasteiger partial charge in [-0.3, -0.25) is 14.5 Å². The topological polar surface area (TPSA) is 87.7 Å². The minimum Gasteiger partial charge on any atom is -0.467 e. The fourth-order valence-electron chi connectivity index (χ4n) is 2.91.